The molecule has 1 unspecified atom stereocenters. The van der Waals surface area contributed by atoms with Gasteiger partial charge in [-0.25, -0.2) is 4.98 Å². The Hall–Kier alpha value is -0.880. The van der Waals surface area contributed by atoms with E-state index < -0.39 is 0 Å². The third-order valence-electron chi connectivity index (χ3n) is 1.44. The fourth-order valence-electron chi connectivity index (χ4n) is 0.906. The van der Waals surface area contributed by atoms with Crippen LogP contribution in [0.3, 0.4) is 0 Å². The number of nitrogen functional groups attached to an aromatic ring is 1. The van der Waals surface area contributed by atoms with E-state index in [1.807, 2.05) is 6.92 Å². The Morgan fingerprint density at radius 2 is 2.36 bits per heavy atom. The Morgan fingerprint density at radius 3 is 3.00 bits per heavy atom. The number of anilines is 1. The van der Waals surface area contributed by atoms with E-state index in [4.69, 9.17) is 15.2 Å². The second-order valence-electron chi connectivity index (χ2n) is 2.77. The van der Waals surface area contributed by atoms with Crippen LogP contribution >= 0.6 is 15.9 Å². The molecule has 78 valence electrons. The van der Waals surface area contributed by atoms with Crippen molar-refractivity contribution in [2.75, 3.05) is 19.5 Å². The maximum atomic E-state index is 5.46. The minimum Gasteiger partial charge on any atom is -0.471 e. The molecule has 0 aliphatic heterocycles. The smallest absolute Gasteiger partial charge is 0.233 e. The zero-order valence-corrected chi connectivity index (χ0v) is 9.61. The minimum atomic E-state index is -0.0781. The molecule has 0 radical (unpaired) electrons. The standard InChI is InChI=1S/C8H12BrN3O2/c1-5(4-13-2)14-7-6(9)3-11-8(10)12-7/h3,5H,4H2,1-2H3,(H2,10,11,12). The molecule has 0 saturated carbocycles. The molecule has 0 aromatic carbocycles. The molecule has 0 aliphatic carbocycles. The van der Waals surface area contributed by atoms with E-state index in [-0.39, 0.29) is 12.1 Å². The summed E-state index contributed by atoms with van der Waals surface area (Å²) in [5.74, 6) is 0.620. The van der Waals surface area contributed by atoms with E-state index in [0.717, 1.165) is 0 Å². The van der Waals surface area contributed by atoms with Gasteiger partial charge < -0.3 is 15.2 Å². The van der Waals surface area contributed by atoms with Crippen molar-refractivity contribution in [2.24, 2.45) is 0 Å². The summed E-state index contributed by atoms with van der Waals surface area (Å²) in [6.45, 7) is 2.38. The molecule has 5 nitrogen and oxygen atoms in total. The minimum absolute atomic E-state index is 0.0781. The SMILES string of the molecule is COCC(C)Oc1nc(N)ncc1Br. The number of nitrogens with two attached hydrogens (primary N) is 1. The number of ether oxygens (including phenoxy) is 2. The molecule has 1 aromatic rings. The van der Waals surface area contributed by atoms with Gasteiger partial charge in [-0.2, -0.15) is 4.98 Å². The van der Waals surface area contributed by atoms with Gasteiger partial charge in [-0.1, -0.05) is 0 Å². The van der Waals surface area contributed by atoms with E-state index in [9.17, 15) is 0 Å². The highest BCUT2D eigenvalue weighted by Crippen LogP contribution is 2.22. The van der Waals surface area contributed by atoms with Crippen LogP contribution in [0.2, 0.25) is 0 Å². The van der Waals surface area contributed by atoms with E-state index in [1.54, 1.807) is 13.3 Å². The molecule has 1 aromatic heterocycles. The molecule has 0 fully saturated rings. The topological polar surface area (TPSA) is 70.3 Å². The van der Waals surface area contributed by atoms with Crippen molar-refractivity contribution in [1.82, 2.24) is 9.97 Å². The van der Waals surface area contributed by atoms with Gasteiger partial charge >= 0.3 is 0 Å². The molecule has 14 heavy (non-hydrogen) atoms. The first kappa shape index (κ1) is 11.2. The highest BCUT2D eigenvalue weighted by molar-refractivity contribution is 9.10. The molecule has 1 atom stereocenters. The summed E-state index contributed by atoms with van der Waals surface area (Å²) in [6, 6.07) is 0. The van der Waals surface area contributed by atoms with Crippen LogP contribution in [0.15, 0.2) is 10.7 Å². The normalized spacial score (nSPS) is 12.5. The number of nitrogens with zero attached hydrogens (tertiary/aromatic N) is 2. The summed E-state index contributed by atoms with van der Waals surface area (Å²) in [5, 5.41) is 0. The molecule has 0 spiro atoms. The zero-order valence-electron chi connectivity index (χ0n) is 8.03. The van der Waals surface area contributed by atoms with Crippen molar-refractivity contribution in [3.63, 3.8) is 0 Å². The second kappa shape index (κ2) is 5.11. The number of hydrogen-bond donors (Lipinski definition) is 1. The summed E-state index contributed by atoms with van der Waals surface area (Å²) >= 11 is 3.26. The second-order valence-corrected chi connectivity index (χ2v) is 3.62. The number of rotatable bonds is 4. The zero-order chi connectivity index (χ0) is 10.6. The first-order valence-corrected chi connectivity index (χ1v) is 4.86. The van der Waals surface area contributed by atoms with Gasteiger partial charge in [0.05, 0.1) is 17.3 Å². The number of aromatic nitrogens is 2. The predicted octanol–water partition coefficient (Wildman–Crippen LogP) is 1.23. The van der Waals surface area contributed by atoms with Crippen LogP contribution in [-0.4, -0.2) is 29.8 Å². The van der Waals surface area contributed by atoms with Crippen molar-refractivity contribution < 1.29 is 9.47 Å². The van der Waals surface area contributed by atoms with E-state index in [2.05, 4.69) is 25.9 Å². The lowest BCUT2D eigenvalue weighted by Gasteiger charge is -2.13. The predicted molar refractivity (Wildman–Crippen MR) is 56.1 cm³/mol. The number of halogens is 1. The van der Waals surface area contributed by atoms with Crippen LogP contribution in [0.1, 0.15) is 6.92 Å². The molecule has 0 amide bonds. The molecule has 0 bridgehead atoms. The van der Waals surface area contributed by atoms with Gasteiger partial charge in [-0.05, 0) is 22.9 Å². The maximum absolute atomic E-state index is 5.46. The van der Waals surface area contributed by atoms with Crippen LogP contribution in [-0.2, 0) is 4.74 Å². The summed E-state index contributed by atoms with van der Waals surface area (Å²) in [6.07, 6.45) is 1.47. The average molecular weight is 262 g/mol. The molecule has 1 heterocycles. The lowest BCUT2D eigenvalue weighted by Crippen LogP contribution is -2.19. The van der Waals surface area contributed by atoms with Gasteiger partial charge in [-0.15, -0.1) is 0 Å². The lowest BCUT2D eigenvalue weighted by atomic mass is 10.4. The van der Waals surface area contributed by atoms with E-state index in [1.165, 1.54) is 0 Å². The third-order valence-corrected chi connectivity index (χ3v) is 1.99. The lowest BCUT2D eigenvalue weighted by molar-refractivity contribution is 0.0884. The highest BCUT2D eigenvalue weighted by Gasteiger charge is 2.09. The van der Waals surface area contributed by atoms with Gasteiger partial charge in [0, 0.05) is 7.11 Å². The fourth-order valence-corrected chi connectivity index (χ4v) is 1.19. The summed E-state index contributed by atoms with van der Waals surface area (Å²) in [4.78, 5) is 7.74. The van der Waals surface area contributed by atoms with Crippen LogP contribution in [0.25, 0.3) is 0 Å². The Balaban J connectivity index is 2.70. The first-order chi connectivity index (χ1) is 6.63. The fraction of sp³-hybridized carbons (Fsp3) is 0.500. The molecule has 0 aliphatic rings. The monoisotopic (exact) mass is 261 g/mol. The average Bonchev–Trinajstić information content (AvgIpc) is 2.12. The summed E-state index contributed by atoms with van der Waals surface area (Å²) < 4.78 is 11.1. The first-order valence-electron chi connectivity index (χ1n) is 4.07. The molecular formula is C8H12BrN3O2. The van der Waals surface area contributed by atoms with Crippen molar-refractivity contribution in [1.29, 1.82) is 0 Å². The van der Waals surface area contributed by atoms with Gasteiger partial charge in [0.2, 0.25) is 11.8 Å². The molecule has 2 N–H and O–H groups in total. The molecule has 1 rings (SSSR count). The van der Waals surface area contributed by atoms with Crippen molar-refractivity contribution in [3.8, 4) is 5.88 Å². The Kier molecular flexibility index (Phi) is 4.09. The van der Waals surface area contributed by atoms with Gasteiger partial charge in [0.15, 0.2) is 0 Å². The third kappa shape index (κ3) is 3.12. The van der Waals surface area contributed by atoms with Crippen LogP contribution < -0.4 is 10.5 Å². The molecule has 0 saturated heterocycles. The largest absolute Gasteiger partial charge is 0.471 e. The number of hydrogen-bond acceptors (Lipinski definition) is 5. The van der Waals surface area contributed by atoms with E-state index >= 15 is 0 Å². The van der Waals surface area contributed by atoms with Crippen LogP contribution in [0, 0.1) is 0 Å². The number of methoxy groups -OCH3 is 1. The van der Waals surface area contributed by atoms with Gasteiger partial charge in [-0.3, -0.25) is 0 Å². The summed E-state index contributed by atoms with van der Waals surface area (Å²) in [7, 11) is 1.61. The molecular weight excluding hydrogens is 250 g/mol. The molecule has 6 heteroatoms. The van der Waals surface area contributed by atoms with Crippen molar-refractivity contribution in [3.05, 3.63) is 10.7 Å². The van der Waals surface area contributed by atoms with Gasteiger partial charge in [0.25, 0.3) is 0 Å². The van der Waals surface area contributed by atoms with Crippen molar-refractivity contribution in [2.45, 2.75) is 13.0 Å². The Bertz CT molecular complexity index is 309. The maximum Gasteiger partial charge on any atom is 0.233 e. The highest BCUT2D eigenvalue weighted by atomic mass is 79.9. The Morgan fingerprint density at radius 1 is 1.64 bits per heavy atom. The van der Waals surface area contributed by atoms with Crippen LogP contribution in [0.4, 0.5) is 5.95 Å². The summed E-state index contributed by atoms with van der Waals surface area (Å²) in [5.41, 5.74) is 5.42. The van der Waals surface area contributed by atoms with Crippen molar-refractivity contribution >= 4 is 21.9 Å². The van der Waals surface area contributed by atoms with E-state index in [0.29, 0.717) is 17.0 Å². The van der Waals surface area contributed by atoms with Gasteiger partial charge in [0.1, 0.15) is 6.10 Å². The quantitative estimate of drug-likeness (QED) is 0.883. The Labute approximate surface area is 90.8 Å². The van der Waals surface area contributed by atoms with Crippen LogP contribution in [0.5, 0.6) is 5.88 Å².